The first-order chi connectivity index (χ1) is 4.66. The maximum absolute atomic E-state index is 3.83. The Hall–Kier alpha value is -0.720. The zero-order chi connectivity index (χ0) is 7.98. The van der Waals surface area contributed by atoms with Crippen molar-refractivity contribution in [2.75, 3.05) is 0 Å². The molecule has 0 heterocycles. The van der Waals surface area contributed by atoms with E-state index in [4.69, 9.17) is 0 Å². The molecule has 0 amide bonds. The van der Waals surface area contributed by atoms with Crippen LogP contribution in [0, 0.1) is 0 Å². The van der Waals surface area contributed by atoms with E-state index >= 15 is 0 Å². The summed E-state index contributed by atoms with van der Waals surface area (Å²) in [5, 5.41) is 3.20. The molecule has 1 N–H and O–H groups in total. The van der Waals surface area contributed by atoms with E-state index in [9.17, 15) is 0 Å². The molecule has 0 saturated carbocycles. The number of nitrogens with one attached hydrogen (secondary N) is 1. The quantitative estimate of drug-likeness (QED) is 0.593. The lowest BCUT2D eigenvalue weighted by molar-refractivity contribution is 0.683. The normalized spacial score (nSPS) is 10.8. The summed E-state index contributed by atoms with van der Waals surface area (Å²) in [7, 11) is 0. The maximum Gasteiger partial charge on any atom is 0.0265 e. The van der Waals surface area contributed by atoms with Crippen molar-refractivity contribution in [1.82, 2.24) is 5.32 Å². The highest BCUT2D eigenvalue weighted by Gasteiger charge is 1.89. The van der Waals surface area contributed by atoms with Crippen LogP contribution in [0.3, 0.4) is 0 Å². The Morgan fingerprint density at radius 3 is 2.70 bits per heavy atom. The Kier molecular flexibility index (Phi) is 4.73. The minimum Gasteiger partial charge on any atom is -0.383 e. The molecule has 1 heteroatoms. The topological polar surface area (TPSA) is 12.0 Å². The first-order valence-corrected chi connectivity index (χ1v) is 3.78. The fourth-order valence-electron chi connectivity index (χ4n) is 0.679. The van der Waals surface area contributed by atoms with Gasteiger partial charge in [0, 0.05) is 13.2 Å². The van der Waals surface area contributed by atoms with Gasteiger partial charge in [-0.1, -0.05) is 19.6 Å². The van der Waals surface area contributed by atoms with Gasteiger partial charge >= 0.3 is 0 Å². The molecule has 0 saturated heterocycles. The van der Waals surface area contributed by atoms with E-state index < -0.39 is 0 Å². The SMILES string of the molecule is C=C(/C=C/CC)NC(C)C.[HH]. The van der Waals surface area contributed by atoms with Crippen molar-refractivity contribution in [1.29, 1.82) is 0 Å². The second kappa shape index (κ2) is 5.10. The molecule has 0 aliphatic rings. The van der Waals surface area contributed by atoms with E-state index in [1.165, 1.54) is 0 Å². The van der Waals surface area contributed by atoms with Crippen molar-refractivity contribution in [3.8, 4) is 0 Å². The monoisotopic (exact) mass is 141 g/mol. The van der Waals surface area contributed by atoms with Crippen LogP contribution in [0.15, 0.2) is 24.4 Å². The summed E-state index contributed by atoms with van der Waals surface area (Å²) in [6.07, 6.45) is 5.18. The zero-order valence-electron chi connectivity index (χ0n) is 7.15. The lowest BCUT2D eigenvalue weighted by atomic mass is 10.3. The van der Waals surface area contributed by atoms with Crippen molar-refractivity contribution < 1.29 is 1.43 Å². The minimum absolute atomic E-state index is 0. The molecule has 0 radical (unpaired) electrons. The second-order valence-electron chi connectivity index (χ2n) is 2.63. The standard InChI is InChI=1S/C9H17N.H2/c1-5-6-7-9(4)10-8(2)3;/h6-8,10H,4-5H2,1-3H3;1H/b7-6+;. The van der Waals surface area contributed by atoms with E-state index in [-0.39, 0.29) is 1.43 Å². The van der Waals surface area contributed by atoms with Crippen LogP contribution in [0.2, 0.25) is 0 Å². The van der Waals surface area contributed by atoms with Crippen molar-refractivity contribution in [2.24, 2.45) is 0 Å². The molecule has 0 fully saturated rings. The minimum atomic E-state index is 0. The fraction of sp³-hybridized carbons (Fsp3) is 0.556. The van der Waals surface area contributed by atoms with Crippen LogP contribution in [0.4, 0.5) is 0 Å². The van der Waals surface area contributed by atoms with Crippen LogP contribution in [0.5, 0.6) is 0 Å². The van der Waals surface area contributed by atoms with Gasteiger partial charge in [0.2, 0.25) is 0 Å². The molecule has 0 spiro atoms. The van der Waals surface area contributed by atoms with Crippen molar-refractivity contribution in [2.45, 2.75) is 33.2 Å². The summed E-state index contributed by atoms with van der Waals surface area (Å²) >= 11 is 0. The van der Waals surface area contributed by atoms with Gasteiger partial charge in [0.15, 0.2) is 0 Å². The summed E-state index contributed by atoms with van der Waals surface area (Å²) in [5.41, 5.74) is 0.997. The molecule has 0 aromatic rings. The average Bonchev–Trinajstić information content (AvgIpc) is 1.82. The molecule has 0 bridgehead atoms. The number of allylic oxidation sites excluding steroid dienone is 2. The lowest BCUT2D eigenvalue weighted by Crippen LogP contribution is -2.19. The predicted molar refractivity (Wildman–Crippen MR) is 49.0 cm³/mol. The third-order valence-electron chi connectivity index (χ3n) is 1.03. The summed E-state index contributed by atoms with van der Waals surface area (Å²) < 4.78 is 0. The Morgan fingerprint density at radius 2 is 2.30 bits per heavy atom. The van der Waals surface area contributed by atoms with Gasteiger partial charge in [-0.15, -0.1) is 0 Å². The van der Waals surface area contributed by atoms with Crippen LogP contribution < -0.4 is 5.32 Å². The number of rotatable bonds is 4. The smallest absolute Gasteiger partial charge is 0.0265 e. The van der Waals surface area contributed by atoms with Crippen LogP contribution in [0.25, 0.3) is 0 Å². The summed E-state index contributed by atoms with van der Waals surface area (Å²) in [6.45, 7) is 10.1. The fourth-order valence-corrected chi connectivity index (χ4v) is 0.679. The van der Waals surface area contributed by atoms with E-state index in [2.05, 4.69) is 38.7 Å². The Labute approximate surface area is 65.3 Å². The maximum atomic E-state index is 3.83. The molecular formula is C9H19N. The van der Waals surface area contributed by atoms with Crippen LogP contribution in [-0.4, -0.2) is 6.04 Å². The number of hydrogen-bond acceptors (Lipinski definition) is 1. The summed E-state index contributed by atoms with van der Waals surface area (Å²) in [4.78, 5) is 0. The largest absolute Gasteiger partial charge is 0.383 e. The van der Waals surface area contributed by atoms with Gasteiger partial charge < -0.3 is 5.32 Å². The van der Waals surface area contributed by atoms with Gasteiger partial charge in [-0.05, 0) is 26.3 Å². The molecule has 0 aliphatic carbocycles. The predicted octanol–water partition coefficient (Wildman–Crippen LogP) is 2.71. The first-order valence-electron chi connectivity index (χ1n) is 3.78. The summed E-state index contributed by atoms with van der Waals surface area (Å²) in [5.74, 6) is 0. The Balaban J connectivity index is 0. The van der Waals surface area contributed by atoms with E-state index in [0.29, 0.717) is 6.04 Å². The van der Waals surface area contributed by atoms with Gasteiger partial charge in [-0.2, -0.15) is 0 Å². The highest BCUT2D eigenvalue weighted by atomic mass is 14.9. The highest BCUT2D eigenvalue weighted by molar-refractivity contribution is 5.12. The molecule has 1 nitrogen and oxygen atoms in total. The van der Waals surface area contributed by atoms with Crippen LogP contribution in [0.1, 0.15) is 28.6 Å². The van der Waals surface area contributed by atoms with Gasteiger partial charge in [0.25, 0.3) is 0 Å². The Morgan fingerprint density at radius 1 is 1.70 bits per heavy atom. The molecule has 60 valence electrons. The van der Waals surface area contributed by atoms with E-state index in [0.717, 1.165) is 12.1 Å². The zero-order valence-corrected chi connectivity index (χ0v) is 7.15. The number of hydrogen-bond donors (Lipinski definition) is 1. The molecule has 0 unspecified atom stereocenters. The van der Waals surface area contributed by atoms with Crippen LogP contribution in [-0.2, 0) is 0 Å². The molecule has 0 aliphatic heterocycles. The van der Waals surface area contributed by atoms with Gasteiger partial charge in [-0.3, -0.25) is 0 Å². The second-order valence-corrected chi connectivity index (χ2v) is 2.63. The van der Waals surface area contributed by atoms with Crippen LogP contribution >= 0.6 is 0 Å². The highest BCUT2D eigenvalue weighted by Crippen LogP contribution is 1.91. The molecular weight excluding hydrogens is 122 g/mol. The third kappa shape index (κ3) is 5.42. The molecule has 0 aromatic carbocycles. The lowest BCUT2D eigenvalue weighted by Gasteiger charge is -2.08. The van der Waals surface area contributed by atoms with Crippen molar-refractivity contribution >= 4 is 0 Å². The van der Waals surface area contributed by atoms with Gasteiger partial charge in [-0.25, -0.2) is 0 Å². The van der Waals surface area contributed by atoms with Crippen molar-refractivity contribution in [3.63, 3.8) is 0 Å². The molecule has 10 heavy (non-hydrogen) atoms. The molecule has 0 atom stereocenters. The van der Waals surface area contributed by atoms with E-state index in [1.807, 2.05) is 6.08 Å². The molecule has 0 rings (SSSR count). The summed E-state index contributed by atoms with van der Waals surface area (Å²) in [6, 6.07) is 0.481. The molecule has 0 aromatic heterocycles. The van der Waals surface area contributed by atoms with Gasteiger partial charge in [0.1, 0.15) is 0 Å². The Bertz CT molecular complexity index is 128. The first kappa shape index (κ1) is 9.28. The van der Waals surface area contributed by atoms with Gasteiger partial charge in [0.05, 0.1) is 0 Å². The van der Waals surface area contributed by atoms with E-state index in [1.54, 1.807) is 0 Å². The van der Waals surface area contributed by atoms with Crippen molar-refractivity contribution in [3.05, 3.63) is 24.4 Å². The third-order valence-corrected chi connectivity index (χ3v) is 1.03. The average molecular weight is 141 g/mol.